The minimum Gasteiger partial charge on any atom is -0.628 e. The summed E-state index contributed by atoms with van der Waals surface area (Å²) in [6, 6.07) is 12.4. The highest BCUT2D eigenvalue weighted by Crippen LogP contribution is 2.31. The predicted molar refractivity (Wildman–Crippen MR) is 126 cm³/mol. The first-order valence-electron chi connectivity index (χ1n) is 11.6. The average Bonchev–Trinajstić information content (AvgIpc) is 2.80. The molecule has 0 bridgehead atoms. The highest BCUT2D eigenvalue weighted by Gasteiger charge is 2.35. The van der Waals surface area contributed by atoms with Crippen molar-refractivity contribution >= 4 is 16.1 Å². The van der Waals surface area contributed by atoms with Crippen LogP contribution in [0.3, 0.4) is 0 Å². The third-order valence-electron chi connectivity index (χ3n) is 6.64. The maximum atomic E-state index is 13.1. The molecule has 1 aliphatic carbocycles. The Labute approximate surface area is 200 Å². The van der Waals surface area contributed by atoms with Crippen LogP contribution < -0.4 is 14.8 Å². The first kappa shape index (κ1) is 24.5. The fourth-order valence-electron chi connectivity index (χ4n) is 4.47. The zero-order valence-corrected chi connectivity index (χ0v) is 20.0. The van der Waals surface area contributed by atoms with Crippen molar-refractivity contribution < 1.29 is 27.7 Å². The van der Waals surface area contributed by atoms with Crippen LogP contribution in [0.15, 0.2) is 53.4 Å². The lowest BCUT2D eigenvalue weighted by Crippen LogP contribution is -2.56. The van der Waals surface area contributed by atoms with Crippen LogP contribution in [0.4, 0.5) is 4.79 Å². The number of nitrogens with one attached hydrogen (secondary N) is 2. The maximum absolute atomic E-state index is 13.1. The molecule has 0 aromatic heterocycles. The van der Waals surface area contributed by atoms with Crippen molar-refractivity contribution in [2.24, 2.45) is 5.92 Å². The SMILES string of the molecule is CC1CCC(NC(=O)NS(=O)(=O)c2ccc(CC[N+]3([O-])Cc4ccccc4OC3O)cc2)CC1. The lowest BCUT2D eigenvalue weighted by atomic mass is 9.87. The number of carbonyl (C=O) groups excluding carboxylic acids is 1. The molecule has 1 heterocycles. The molecule has 1 aliphatic heterocycles. The van der Waals surface area contributed by atoms with E-state index in [1.807, 2.05) is 6.07 Å². The standard InChI is InChI=1S/C24H31N3O6S/c1-17-6-10-20(11-7-17)25-23(28)26-34(31,32)21-12-8-18(9-13-21)14-15-27(30)16-19-4-2-3-5-22(19)33-24(27)29/h2-5,8-9,12-13,17,20,24,29H,6-7,10-11,14-16H2,1H3,(H2,25,26,28). The van der Waals surface area contributed by atoms with Gasteiger partial charge in [0.25, 0.3) is 10.0 Å². The third kappa shape index (κ3) is 5.69. The van der Waals surface area contributed by atoms with Crippen LogP contribution in [-0.2, 0) is 23.0 Å². The maximum Gasteiger partial charge on any atom is 0.348 e. The van der Waals surface area contributed by atoms with Gasteiger partial charge in [0.1, 0.15) is 12.3 Å². The topological polar surface area (TPSA) is 128 Å². The number of nitrogens with zero attached hydrogens (tertiary/aromatic N) is 1. The van der Waals surface area contributed by atoms with Crippen LogP contribution in [0.1, 0.15) is 43.7 Å². The summed E-state index contributed by atoms with van der Waals surface area (Å²) in [5.41, 5.74) is 1.47. The largest absolute Gasteiger partial charge is 0.628 e. The number of carbonyl (C=O) groups is 1. The van der Waals surface area contributed by atoms with E-state index in [0.717, 1.165) is 36.8 Å². The van der Waals surface area contributed by atoms with Gasteiger partial charge in [0, 0.05) is 18.0 Å². The van der Waals surface area contributed by atoms with Crippen molar-refractivity contribution in [2.45, 2.75) is 62.9 Å². The molecular weight excluding hydrogens is 458 g/mol. The molecule has 2 aromatic carbocycles. The summed E-state index contributed by atoms with van der Waals surface area (Å²) in [5.74, 6) is 1.13. The molecule has 10 heteroatoms. The number of para-hydroxylation sites is 1. The van der Waals surface area contributed by atoms with Gasteiger partial charge in [0.15, 0.2) is 0 Å². The van der Waals surface area contributed by atoms with E-state index in [4.69, 9.17) is 4.74 Å². The fourth-order valence-corrected chi connectivity index (χ4v) is 5.38. The first-order valence-corrected chi connectivity index (χ1v) is 13.1. The molecule has 184 valence electrons. The smallest absolute Gasteiger partial charge is 0.348 e. The molecule has 2 aromatic rings. The molecule has 0 saturated heterocycles. The number of hydrogen-bond acceptors (Lipinski definition) is 6. The summed E-state index contributed by atoms with van der Waals surface area (Å²) in [5, 5.41) is 26.1. The van der Waals surface area contributed by atoms with E-state index in [1.165, 1.54) is 12.1 Å². The number of aliphatic hydroxyl groups excluding tert-OH is 1. The van der Waals surface area contributed by atoms with Gasteiger partial charge in [-0.1, -0.05) is 31.2 Å². The Hall–Kier alpha value is -2.66. The molecule has 3 N–H and O–H groups in total. The summed E-state index contributed by atoms with van der Waals surface area (Å²) in [4.78, 5) is 12.2. The van der Waals surface area contributed by atoms with E-state index in [0.29, 0.717) is 18.1 Å². The monoisotopic (exact) mass is 489 g/mol. The summed E-state index contributed by atoms with van der Waals surface area (Å²) >= 11 is 0. The van der Waals surface area contributed by atoms with Crippen LogP contribution in [0.25, 0.3) is 0 Å². The molecule has 0 radical (unpaired) electrons. The van der Waals surface area contributed by atoms with Crippen molar-refractivity contribution in [3.63, 3.8) is 0 Å². The van der Waals surface area contributed by atoms with Crippen LogP contribution >= 0.6 is 0 Å². The third-order valence-corrected chi connectivity index (χ3v) is 7.98. The van der Waals surface area contributed by atoms with E-state index < -0.39 is 27.1 Å². The second-order valence-electron chi connectivity index (χ2n) is 9.32. The highest BCUT2D eigenvalue weighted by molar-refractivity contribution is 7.90. The molecule has 2 atom stereocenters. The van der Waals surface area contributed by atoms with E-state index in [1.54, 1.807) is 30.3 Å². The Bertz CT molecular complexity index is 1120. The molecule has 4 rings (SSSR count). The molecule has 2 aliphatic rings. The zero-order valence-electron chi connectivity index (χ0n) is 19.1. The van der Waals surface area contributed by atoms with Crippen molar-refractivity contribution in [2.75, 3.05) is 6.54 Å². The number of urea groups is 1. The number of hydrogen-bond donors (Lipinski definition) is 3. The summed E-state index contributed by atoms with van der Waals surface area (Å²) in [6.45, 7) is 2.31. The van der Waals surface area contributed by atoms with Crippen molar-refractivity contribution in [1.82, 2.24) is 10.0 Å². The molecule has 2 amide bonds. The van der Waals surface area contributed by atoms with E-state index >= 15 is 0 Å². The number of aliphatic hydroxyl groups is 1. The molecule has 2 unspecified atom stereocenters. The Morgan fingerprint density at radius 1 is 1.12 bits per heavy atom. The Morgan fingerprint density at radius 3 is 2.50 bits per heavy atom. The number of rotatable bonds is 6. The summed E-state index contributed by atoms with van der Waals surface area (Å²) in [7, 11) is -4.02. The molecule has 1 saturated carbocycles. The van der Waals surface area contributed by atoms with E-state index in [9.17, 15) is 23.5 Å². The number of benzene rings is 2. The molecule has 34 heavy (non-hydrogen) atoms. The quantitative estimate of drug-likeness (QED) is 0.423. The van der Waals surface area contributed by atoms with Gasteiger partial charge in [-0.15, -0.1) is 0 Å². The number of amides is 2. The predicted octanol–water partition coefficient (Wildman–Crippen LogP) is 2.98. The van der Waals surface area contributed by atoms with Crippen molar-refractivity contribution in [1.29, 1.82) is 0 Å². The molecule has 1 fully saturated rings. The lowest BCUT2D eigenvalue weighted by Gasteiger charge is -2.47. The number of sulfonamides is 1. The lowest BCUT2D eigenvalue weighted by molar-refractivity contribution is -0.962. The summed E-state index contributed by atoms with van der Waals surface area (Å²) < 4.78 is 31.7. The normalized spacial score (nSPS) is 26.7. The van der Waals surface area contributed by atoms with Gasteiger partial charge in [0.05, 0.1) is 11.4 Å². The zero-order chi connectivity index (χ0) is 24.3. The van der Waals surface area contributed by atoms with Gasteiger partial charge in [-0.2, -0.15) is 0 Å². The van der Waals surface area contributed by atoms with E-state index in [-0.39, 0.29) is 24.0 Å². The molecule has 9 nitrogen and oxygen atoms in total. The van der Waals surface area contributed by atoms with E-state index in [2.05, 4.69) is 17.0 Å². The van der Waals surface area contributed by atoms with Crippen LogP contribution in [0.5, 0.6) is 5.75 Å². The fraction of sp³-hybridized carbons (Fsp3) is 0.458. The first-order chi connectivity index (χ1) is 16.1. The van der Waals surface area contributed by atoms with Crippen LogP contribution in [0.2, 0.25) is 0 Å². The van der Waals surface area contributed by atoms with Gasteiger partial charge in [-0.3, -0.25) is 4.65 Å². The second kappa shape index (κ2) is 9.91. The van der Waals surface area contributed by atoms with Crippen molar-refractivity contribution in [3.8, 4) is 5.75 Å². The van der Waals surface area contributed by atoms with Gasteiger partial charge in [-0.25, -0.2) is 17.9 Å². The number of fused-ring (bicyclic) bond motifs is 1. The minimum absolute atomic E-state index is 0.0163. The van der Waals surface area contributed by atoms with Gasteiger partial charge >= 0.3 is 12.4 Å². The van der Waals surface area contributed by atoms with Crippen LogP contribution in [-0.4, -0.2) is 43.2 Å². The van der Waals surface area contributed by atoms with Crippen LogP contribution in [0, 0.1) is 11.1 Å². The number of quaternary nitrogens is 1. The number of hydroxylamine groups is 3. The Kier molecular flexibility index (Phi) is 7.13. The number of ether oxygens (including phenoxy) is 1. The highest BCUT2D eigenvalue weighted by atomic mass is 32.2. The Balaban J connectivity index is 1.33. The van der Waals surface area contributed by atoms with Gasteiger partial charge in [-0.05, 0) is 61.4 Å². The Morgan fingerprint density at radius 2 is 1.79 bits per heavy atom. The summed E-state index contributed by atoms with van der Waals surface area (Å²) in [6.07, 6.45) is 2.50. The average molecular weight is 490 g/mol. The van der Waals surface area contributed by atoms with Crippen molar-refractivity contribution in [3.05, 3.63) is 64.9 Å². The minimum atomic E-state index is -4.02. The second-order valence-corrected chi connectivity index (χ2v) is 11.0. The van der Waals surface area contributed by atoms with Gasteiger partial charge < -0.3 is 20.4 Å². The van der Waals surface area contributed by atoms with Gasteiger partial charge in [0.2, 0.25) is 0 Å². The molecule has 0 spiro atoms. The molecular formula is C24H31N3O6S.